The number of nitrogens with zero attached hydrogens (tertiary/aromatic N) is 1. The monoisotopic (exact) mass is 222 g/mol. The number of hydrogen-bond acceptors (Lipinski definition) is 3. The number of aromatic nitrogens is 1. The van der Waals surface area contributed by atoms with Crippen LogP contribution in [0.1, 0.15) is 44.8 Å². The summed E-state index contributed by atoms with van der Waals surface area (Å²) in [7, 11) is 0. The minimum absolute atomic E-state index is 0.372. The number of thiazole rings is 1. The van der Waals surface area contributed by atoms with E-state index in [9.17, 15) is 0 Å². The van der Waals surface area contributed by atoms with Gasteiger partial charge in [-0.15, -0.1) is 23.2 Å². The van der Waals surface area contributed by atoms with Crippen molar-refractivity contribution < 1.29 is 0 Å². The Morgan fingerprint density at radius 1 is 1.60 bits per heavy atom. The molecule has 0 bridgehead atoms. The summed E-state index contributed by atoms with van der Waals surface area (Å²) in [5, 5.41) is 5.62. The van der Waals surface area contributed by atoms with Crippen molar-refractivity contribution in [3.63, 3.8) is 0 Å². The summed E-state index contributed by atoms with van der Waals surface area (Å²) in [5.74, 6) is 6.03. The van der Waals surface area contributed by atoms with Crippen LogP contribution in [0.2, 0.25) is 0 Å². The first-order valence-electron chi connectivity index (χ1n) is 5.39. The molecule has 1 aromatic rings. The van der Waals surface area contributed by atoms with Gasteiger partial charge in [0.2, 0.25) is 0 Å². The lowest BCUT2D eigenvalue weighted by Crippen LogP contribution is -2.22. The van der Waals surface area contributed by atoms with E-state index in [1.807, 2.05) is 12.4 Å². The molecule has 15 heavy (non-hydrogen) atoms. The average molecular weight is 222 g/mol. The Kier molecular flexibility index (Phi) is 6.06. The van der Waals surface area contributed by atoms with Crippen LogP contribution in [0.5, 0.6) is 0 Å². The third-order valence-electron chi connectivity index (χ3n) is 2.18. The highest BCUT2D eigenvalue weighted by Crippen LogP contribution is 2.17. The van der Waals surface area contributed by atoms with Gasteiger partial charge in [0.15, 0.2) is 0 Å². The second kappa shape index (κ2) is 7.44. The van der Waals surface area contributed by atoms with E-state index >= 15 is 0 Å². The summed E-state index contributed by atoms with van der Waals surface area (Å²) in [6.45, 7) is 5.11. The minimum Gasteiger partial charge on any atom is -0.309 e. The lowest BCUT2D eigenvalue weighted by molar-refractivity contribution is 0.497. The van der Waals surface area contributed by atoms with Crippen LogP contribution in [0.15, 0.2) is 10.9 Å². The Morgan fingerprint density at radius 3 is 3.07 bits per heavy atom. The molecule has 82 valence electrons. The van der Waals surface area contributed by atoms with Crippen LogP contribution < -0.4 is 5.32 Å². The molecule has 0 saturated heterocycles. The van der Waals surface area contributed by atoms with E-state index in [2.05, 4.69) is 34.4 Å². The van der Waals surface area contributed by atoms with Gasteiger partial charge in [-0.1, -0.05) is 6.92 Å². The first-order chi connectivity index (χ1) is 7.38. The standard InChI is InChI=1S/C12H18N2S/c1-3-5-6-7-11(13-8-4-2)12-9-15-10-14-12/h9-11,13H,4,6-8H2,1-2H3. The first kappa shape index (κ1) is 12.2. The van der Waals surface area contributed by atoms with E-state index in [1.54, 1.807) is 11.3 Å². The summed E-state index contributed by atoms with van der Waals surface area (Å²) in [6.07, 6.45) is 3.14. The smallest absolute Gasteiger partial charge is 0.0795 e. The van der Waals surface area contributed by atoms with E-state index in [0.717, 1.165) is 31.5 Å². The van der Waals surface area contributed by atoms with Crippen molar-refractivity contribution in [3.05, 3.63) is 16.6 Å². The fourth-order valence-corrected chi connectivity index (χ4v) is 2.02. The highest BCUT2D eigenvalue weighted by atomic mass is 32.1. The summed E-state index contributed by atoms with van der Waals surface area (Å²) in [4.78, 5) is 4.36. The van der Waals surface area contributed by atoms with Crippen LogP contribution in [0.25, 0.3) is 0 Å². The van der Waals surface area contributed by atoms with Crippen LogP contribution in [0.4, 0.5) is 0 Å². The molecule has 0 amide bonds. The molecule has 1 rings (SSSR count). The molecule has 0 aliphatic rings. The second-order valence-corrected chi connectivity index (χ2v) is 4.10. The number of nitrogens with one attached hydrogen (secondary N) is 1. The maximum Gasteiger partial charge on any atom is 0.0795 e. The quantitative estimate of drug-likeness (QED) is 0.748. The summed E-state index contributed by atoms with van der Waals surface area (Å²) in [5.41, 5.74) is 3.05. The third kappa shape index (κ3) is 4.46. The molecule has 2 nitrogen and oxygen atoms in total. The van der Waals surface area contributed by atoms with Gasteiger partial charge in [0, 0.05) is 11.8 Å². The first-order valence-corrected chi connectivity index (χ1v) is 6.33. The molecule has 0 aliphatic carbocycles. The predicted molar refractivity (Wildman–Crippen MR) is 65.8 cm³/mol. The molecule has 0 aromatic carbocycles. The van der Waals surface area contributed by atoms with Crippen molar-refractivity contribution in [2.24, 2.45) is 0 Å². The lowest BCUT2D eigenvalue weighted by Gasteiger charge is -2.14. The van der Waals surface area contributed by atoms with Gasteiger partial charge in [-0.2, -0.15) is 0 Å². The maximum atomic E-state index is 4.36. The molecule has 0 fully saturated rings. The van der Waals surface area contributed by atoms with Gasteiger partial charge in [-0.3, -0.25) is 0 Å². The summed E-state index contributed by atoms with van der Waals surface area (Å²) in [6, 6.07) is 0.372. The van der Waals surface area contributed by atoms with Crippen LogP contribution in [-0.4, -0.2) is 11.5 Å². The highest BCUT2D eigenvalue weighted by molar-refractivity contribution is 7.07. The molecule has 1 aromatic heterocycles. The van der Waals surface area contributed by atoms with E-state index in [-0.39, 0.29) is 0 Å². The zero-order chi connectivity index (χ0) is 10.9. The van der Waals surface area contributed by atoms with Crippen molar-refractivity contribution in [2.45, 2.75) is 39.2 Å². The van der Waals surface area contributed by atoms with Gasteiger partial charge >= 0.3 is 0 Å². The largest absolute Gasteiger partial charge is 0.309 e. The predicted octanol–water partition coefficient (Wildman–Crippen LogP) is 2.99. The topological polar surface area (TPSA) is 24.9 Å². The molecular weight excluding hydrogens is 204 g/mol. The van der Waals surface area contributed by atoms with E-state index in [0.29, 0.717) is 6.04 Å². The molecule has 0 saturated carbocycles. The van der Waals surface area contributed by atoms with Crippen molar-refractivity contribution in [2.75, 3.05) is 6.54 Å². The summed E-state index contributed by atoms with van der Waals surface area (Å²) < 4.78 is 0. The fourth-order valence-electron chi connectivity index (χ4n) is 1.41. The molecule has 0 aliphatic heterocycles. The zero-order valence-electron chi connectivity index (χ0n) is 9.42. The second-order valence-electron chi connectivity index (χ2n) is 3.39. The Hall–Kier alpha value is -0.850. The van der Waals surface area contributed by atoms with Gasteiger partial charge in [-0.25, -0.2) is 4.98 Å². The molecule has 1 heterocycles. The molecular formula is C12H18N2S. The highest BCUT2D eigenvalue weighted by Gasteiger charge is 2.11. The van der Waals surface area contributed by atoms with Crippen molar-refractivity contribution in [1.82, 2.24) is 10.3 Å². The number of rotatable bonds is 6. The lowest BCUT2D eigenvalue weighted by atomic mass is 10.1. The molecule has 0 spiro atoms. The maximum absolute atomic E-state index is 4.36. The van der Waals surface area contributed by atoms with Crippen LogP contribution >= 0.6 is 11.3 Å². The van der Waals surface area contributed by atoms with Gasteiger partial charge < -0.3 is 5.32 Å². The van der Waals surface area contributed by atoms with Gasteiger partial charge in [-0.05, 0) is 26.3 Å². The van der Waals surface area contributed by atoms with E-state index < -0.39 is 0 Å². The third-order valence-corrected chi connectivity index (χ3v) is 2.79. The van der Waals surface area contributed by atoms with Gasteiger partial charge in [0.05, 0.1) is 17.2 Å². The SMILES string of the molecule is CC#CCCC(NCCC)c1cscn1. The number of hydrogen-bond donors (Lipinski definition) is 1. The van der Waals surface area contributed by atoms with Crippen LogP contribution in [-0.2, 0) is 0 Å². The fraction of sp³-hybridized carbons (Fsp3) is 0.583. The normalized spacial score (nSPS) is 11.9. The van der Waals surface area contributed by atoms with Crippen molar-refractivity contribution >= 4 is 11.3 Å². The molecule has 0 radical (unpaired) electrons. The van der Waals surface area contributed by atoms with Gasteiger partial charge in [0.1, 0.15) is 0 Å². The summed E-state index contributed by atoms with van der Waals surface area (Å²) >= 11 is 1.65. The van der Waals surface area contributed by atoms with E-state index in [1.165, 1.54) is 0 Å². The zero-order valence-corrected chi connectivity index (χ0v) is 10.2. The Balaban J connectivity index is 2.48. The molecule has 1 N–H and O–H groups in total. The molecule has 1 unspecified atom stereocenters. The minimum atomic E-state index is 0.372. The average Bonchev–Trinajstić information content (AvgIpc) is 2.76. The van der Waals surface area contributed by atoms with Crippen LogP contribution in [0.3, 0.4) is 0 Å². The Morgan fingerprint density at radius 2 is 2.47 bits per heavy atom. The molecule has 3 heteroatoms. The molecule has 1 atom stereocenters. The Labute approximate surface area is 96.1 Å². The van der Waals surface area contributed by atoms with Crippen molar-refractivity contribution in [1.29, 1.82) is 0 Å². The van der Waals surface area contributed by atoms with Crippen LogP contribution in [0, 0.1) is 11.8 Å². The van der Waals surface area contributed by atoms with E-state index in [4.69, 9.17) is 0 Å². The van der Waals surface area contributed by atoms with Crippen molar-refractivity contribution in [3.8, 4) is 11.8 Å². The van der Waals surface area contributed by atoms with Gasteiger partial charge in [0.25, 0.3) is 0 Å². The Bertz CT molecular complexity index is 308.